The van der Waals surface area contributed by atoms with Gasteiger partial charge in [-0.05, 0) is 43.2 Å². The highest BCUT2D eigenvalue weighted by Crippen LogP contribution is 2.33. The molecule has 1 aromatic carbocycles. The van der Waals surface area contributed by atoms with Crippen LogP contribution in [0.25, 0.3) is 0 Å². The third kappa shape index (κ3) is 5.14. The predicted octanol–water partition coefficient (Wildman–Crippen LogP) is 2.96. The van der Waals surface area contributed by atoms with Crippen LogP contribution >= 0.6 is 0 Å². The molecule has 1 fully saturated rings. The largest absolute Gasteiger partial charge is 0.416 e. The van der Waals surface area contributed by atoms with Crippen molar-refractivity contribution in [1.82, 2.24) is 14.6 Å². The van der Waals surface area contributed by atoms with Gasteiger partial charge in [0.1, 0.15) is 5.82 Å². The van der Waals surface area contributed by atoms with E-state index in [1.807, 2.05) is 0 Å². The zero-order valence-corrected chi connectivity index (χ0v) is 16.5. The molecule has 30 heavy (non-hydrogen) atoms. The third-order valence-electron chi connectivity index (χ3n) is 4.83. The van der Waals surface area contributed by atoms with Crippen molar-refractivity contribution in [3.63, 3.8) is 0 Å². The Balaban J connectivity index is 1.64. The number of aromatic nitrogens is 1. The second-order valence-electron chi connectivity index (χ2n) is 6.89. The van der Waals surface area contributed by atoms with E-state index >= 15 is 0 Å². The highest BCUT2D eigenvalue weighted by atomic mass is 32.2. The summed E-state index contributed by atoms with van der Waals surface area (Å²) in [6.45, 7) is 0.130. The van der Waals surface area contributed by atoms with Crippen LogP contribution < -0.4 is 5.32 Å². The van der Waals surface area contributed by atoms with Crippen molar-refractivity contribution in [2.45, 2.75) is 30.5 Å². The summed E-state index contributed by atoms with van der Waals surface area (Å²) in [5.74, 6) is -1.96. The first-order valence-electron chi connectivity index (χ1n) is 9.13. The minimum Gasteiger partial charge on any atom is -0.350 e. The van der Waals surface area contributed by atoms with Gasteiger partial charge in [0.05, 0.1) is 22.7 Å². The van der Waals surface area contributed by atoms with Crippen LogP contribution in [0.4, 0.5) is 17.6 Å². The number of sulfonamides is 1. The number of piperidine rings is 1. The average molecular weight is 445 g/mol. The van der Waals surface area contributed by atoms with E-state index in [9.17, 15) is 30.8 Å². The van der Waals surface area contributed by atoms with Crippen LogP contribution in [0.2, 0.25) is 0 Å². The van der Waals surface area contributed by atoms with Gasteiger partial charge in [0.15, 0.2) is 0 Å². The molecular formula is C19H19F4N3O3S. The lowest BCUT2D eigenvalue weighted by Crippen LogP contribution is -2.43. The fourth-order valence-corrected chi connectivity index (χ4v) is 4.73. The molecule has 1 aliphatic heterocycles. The Morgan fingerprint density at radius 2 is 1.87 bits per heavy atom. The van der Waals surface area contributed by atoms with Gasteiger partial charge in [0, 0.05) is 25.2 Å². The van der Waals surface area contributed by atoms with Gasteiger partial charge < -0.3 is 5.32 Å². The number of halogens is 4. The molecule has 1 amide bonds. The smallest absolute Gasteiger partial charge is 0.350 e. The summed E-state index contributed by atoms with van der Waals surface area (Å²) < 4.78 is 78.6. The van der Waals surface area contributed by atoms with E-state index in [0.29, 0.717) is 17.8 Å². The number of hydrogen-bond donors (Lipinski definition) is 1. The number of amides is 1. The topological polar surface area (TPSA) is 79.4 Å². The minimum atomic E-state index is -4.87. The number of nitrogens with zero attached hydrogens (tertiary/aromatic N) is 2. The molecule has 162 valence electrons. The van der Waals surface area contributed by atoms with Crippen LogP contribution in [0, 0.1) is 11.7 Å². The van der Waals surface area contributed by atoms with E-state index in [2.05, 4.69) is 10.3 Å². The second kappa shape index (κ2) is 8.68. The van der Waals surface area contributed by atoms with E-state index in [4.69, 9.17) is 0 Å². The Bertz CT molecular complexity index is 1010. The first kappa shape index (κ1) is 22.2. The van der Waals surface area contributed by atoms with Gasteiger partial charge in [-0.15, -0.1) is 0 Å². The Labute approximate surface area is 171 Å². The number of rotatable bonds is 5. The van der Waals surface area contributed by atoms with E-state index in [1.165, 1.54) is 0 Å². The van der Waals surface area contributed by atoms with Gasteiger partial charge in [0.25, 0.3) is 0 Å². The van der Waals surface area contributed by atoms with Crippen LogP contribution in [0.3, 0.4) is 0 Å². The summed E-state index contributed by atoms with van der Waals surface area (Å²) in [5.41, 5.74) is -0.692. The molecule has 1 N–H and O–H groups in total. The van der Waals surface area contributed by atoms with Crippen molar-refractivity contribution in [2.24, 2.45) is 5.92 Å². The van der Waals surface area contributed by atoms with Crippen molar-refractivity contribution in [2.75, 3.05) is 13.1 Å². The zero-order valence-electron chi connectivity index (χ0n) is 15.7. The van der Waals surface area contributed by atoms with Crippen LogP contribution in [0.15, 0.2) is 47.5 Å². The quantitative estimate of drug-likeness (QED) is 0.718. The number of nitrogens with one attached hydrogen (secondary N) is 1. The van der Waals surface area contributed by atoms with Crippen LogP contribution in [0.1, 0.15) is 24.1 Å². The molecule has 3 rings (SSSR count). The molecule has 1 saturated heterocycles. The maximum Gasteiger partial charge on any atom is 0.416 e. The Morgan fingerprint density at radius 3 is 2.47 bits per heavy atom. The molecule has 0 radical (unpaired) electrons. The molecule has 0 unspecified atom stereocenters. The normalized spacial score (nSPS) is 16.4. The summed E-state index contributed by atoms with van der Waals surface area (Å²) in [4.78, 5) is 15.7. The molecule has 1 aromatic heterocycles. The number of carbonyl (C=O) groups excluding carboxylic acids is 1. The van der Waals surface area contributed by atoms with Gasteiger partial charge in [0.2, 0.25) is 15.9 Å². The molecule has 2 aromatic rings. The molecule has 1 aliphatic rings. The number of hydrogen-bond acceptors (Lipinski definition) is 4. The predicted molar refractivity (Wildman–Crippen MR) is 99.0 cm³/mol. The summed E-state index contributed by atoms with van der Waals surface area (Å²) >= 11 is 0. The number of pyridine rings is 1. The fraction of sp³-hybridized carbons (Fsp3) is 0.368. The van der Waals surface area contributed by atoms with Crippen LogP contribution in [-0.2, 0) is 27.5 Å². The van der Waals surface area contributed by atoms with Crippen molar-refractivity contribution in [1.29, 1.82) is 0 Å². The monoisotopic (exact) mass is 445 g/mol. The summed E-state index contributed by atoms with van der Waals surface area (Å²) in [6, 6.07) is 6.52. The minimum absolute atomic E-state index is 0.0537. The first-order valence-corrected chi connectivity index (χ1v) is 10.6. The van der Waals surface area contributed by atoms with Gasteiger partial charge >= 0.3 is 6.18 Å². The van der Waals surface area contributed by atoms with Crippen molar-refractivity contribution in [3.05, 3.63) is 59.7 Å². The molecule has 6 nitrogen and oxygen atoms in total. The Hall–Kier alpha value is -2.53. The molecule has 0 atom stereocenters. The van der Waals surface area contributed by atoms with Crippen molar-refractivity contribution < 1.29 is 30.8 Å². The van der Waals surface area contributed by atoms with Gasteiger partial charge in [-0.1, -0.05) is 6.07 Å². The van der Waals surface area contributed by atoms with Gasteiger partial charge in [-0.2, -0.15) is 17.5 Å². The molecular weight excluding hydrogens is 426 g/mol. The maximum absolute atomic E-state index is 13.6. The van der Waals surface area contributed by atoms with E-state index < -0.39 is 38.4 Å². The van der Waals surface area contributed by atoms with Crippen molar-refractivity contribution in [3.8, 4) is 0 Å². The molecule has 2 heterocycles. The molecule has 0 spiro atoms. The number of alkyl halides is 3. The van der Waals surface area contributed by atoms with E-state index in [1.54, 1.807) is 24.4 Å². The van der Waals surface area contributed by atoms with E-state index in [-0.39, 0.29) is 44.4 Å². The maximum atomic E-state index is 13.6. The van der Waals surface area contributed by atoms with Crippen LogP contribution in [-0.4, -0.2) is 36.7 Å². The molecule has 0 saturated carbocycles. The summed E-state index contributed by atoms with van der Waals surface area (Å²) in [5, 5.41) is 2.74. The lowest BCUT2D eigenvalue weighted by molar-refractivity contribution is -0.138. The second-order valence-corrected chi connectivity index (χ2v) is 8.83. The molecule has 0 aliphatic carbocycles. The first-order chi connectivity index (χ1) is 14.1. The summed E-state index contributed by atoms with van der Waals surface area (Å²) in [6.07, 6.45) is -2.87. The van der Waals surface area contributed by atoms with Gasteiger partial charge in [-0.25, -0.2) is 12.8 Å². The van der Waals surface area contributed by atoms with E-state index in [0.717, 1.165) is 4.31 Å². The zero-order chi connectivity index (χ0) is 21.9. The summed E-state index contributed by atoms with van der Waals surface area (Å²) in [7, 11) is -4.32. The number of carbonyl (C=O) groups is 1. The highest BCUT2D eigenvalue weighted by Gasteiger charge is 2.36. The number of benzene rings is 1. The average Bonchev–Trinajstić information content (AvgIpc) is 2.72. The Morgan fingerprint density at radius 1 is 1.17 bits per heavy atom. The molecule has 0 bridgehead atoms. The lowest BCUT2D eigenvalue weighted by atomic mass is 9.97. The van der Waals surface area contributed by atoms with Crippen molar-refractivity contribution >= 4 is 15.9 Å². The molecule has 11 heteroatoms. The van der Waals surface area contributed by atoms with Gasteiger partial charge in [-0.3, -0.25) is 9.78 Å². The Kier molecular flexibility index (Phi) is 6.41. The SMILES string of the molecule is O=C(NCc1ccccn1)C1CCN(S(=O)(=O)c2cc(F)cc(C(F)(F)F)c2)CC1. The third-order valence-corrected chi connectivity index (χ3v) is 6.71. The fourth-order valence-electron chi connectivity index (χ4n) is 3.21. The van der Waals surface area contributed by atoms with Crippen LogP contribution in [0.5, 0.6) is 0 Å². The lowest BCUT2D eigenvalue weighted by Gasteiger charge is -2.30. The highest BCUT2D eigenvalue weighted by molar-refractivity contribution is 7.89. The standard InChI is InChI=1S/C19H19F4N3O3S/c20-15-9-14(19(21,22)23)10-17(11-15)30(28,29)26-7-4-13(5-8-26)18(27)25-12-16-3-1-2-6-24-16/h1-3,6,9-11,13H,4-5,7-8,12H2,(H,25,27).